The standard InChI is InChI=1S/C16H13NS.C2H7N/c1-2-13-11-17-16-8-6-12(10-15(13)16)5-7-14-4-3-9-18-14;1-3-2/h3-4,6,8-11,17H,2H2,1H3;3H,1-2H3. The van der Waals surface area contributed by atoms with Crippen LogP contribution in [0.15, 0.2) is 41.9 Å². The fourth-order valence-corrected chi connectivity index (χ4v) is 2.60. The van der Waals surface area contributed by atoms with E-state index >= 15 is 0 Å². The molecule has 0 atom stereocenters. The van der Waals surface area contributed by atoms with E-state index in [9.17, 15) is 0 Å². The number of aromatic nitrogens is 1. The van der Waals surface area contributed by atoms with Crippen LogP contribution in [0.4, 0.5) is 0 Å². The van der Waals surface area contributed by atoms with Crippen molar-refractivity contribution in [1.82, 2.24) is 10.3 Å². The molecule has 1 aromatic carbocycles. The third-order valence-corrected chi connectivity index (χ3v) is 3.78. The zero-order valence-electron chi connectivity index (χ0n) is 12.7. The molecule has 3 heteroatoms. The monoisotopic (exact) mass is 296 g/mol. The van der Waals surface area contributed by atoms with Gasteiger partial charge in [0.25, 0.3) is 0 Å². The quantitative estimate of drug-likeness (QED) is 0.652. The van der Waals surface area contributed by atoms with Crippen LogP contribution in [0.3, 0.4) is 0 Å². The smallest absolute Gasteiger partial charge is 0.0772 e. The second-order valence-electron chi connectivity index (χ2n) is 4.66. The predicted octanol–water partition coefficient (Wildman–Crippen LogP) is 4.03. The first kappa shape index (κ1) is 15.4. The van der Waals surface area contributed by atoms with E-state index in [0.717, 1.165) is 16.9 Å². The Morgan fingerprint density at radius 3 is 2.67 bits per heavy atom. The average Bonchev–Trinajstić information content (AvgIpc) is 3.15. The lowest BCUT2D eigenvalue weighted by Crippen LogP contribution is -1.89. The maximum Gasteiger partial charge on any atom is 0.0772 e. The van der Waals surface area contributed by atoms with Crippen molar-refractivity contribution in [3.05, 3.63) is 57.9 Å². The lowest BCUT2D eigenvalue weighted by molar-refractivity contribution is 1.02. The summed E-state index contributed by atoms with van der Waals surface area (Å²) >= 11 is 1.68. The summed E-state index contributed by atoms with van der Waals surface area (Å²) in [6, 6.07) is 10.4. The van der Waals surface area contributed by atoms with E-state index in [0.29, 0.717) is 0 Å². The maximum atomic E-state index is 3.29. The summed E-state index contributed by atoms with van der Waals surface area (Å²) in [5.41, 5.74) is 3.61. The van der Waals surface area contributed by atoms with Crippen LogP contribution < -0.4 is 5.32 Å². The van der Waals surface area contributed by atoms with E-state index in [-0.39, 0.29) is 0 Å². The van der Waals surface area contributed by atoms with Gasteiger partial charge in [-0.3, -0.25) is 0 Å². The van der Waals surface area contributed by atoms with Crippen LogP contribution in [-0.4, -0.2) is 19.1 Å². The Kier molecular flexibility index (Phi) is 5.62. The summed E-state index contributed by atoms with van der Waals surface area (Å²) in [7, 11) is 3.75. The topological polar surface area (TPSA) is 27.8 Å². The highest BCUT2D eigenvalue weighted by molar-refractivity contribution is 7.10. The van der Waals surface area contributed by atoms with Crippen LogP contribution in [0.1, 0.15) is 22.9 Å². The number of H-pyrrole nitrogens is 1. The van der Waals surface area contributed by atoms with E-state index in [1.54, 1.807) is 11.3 Å². The van der Waals surface area contributed by atoms with Crippen LogP contribution in [0.5, 0.6) is 0 Å². The van der Waals surface area contributed by atoms with Gasteiger partial charge in [0.2, 0.25) is 0 Å². The number of benzene rings is 1. The summed E-state index contributed by atoms with van der Waals surface area (Å²) in [5.74, 6) is 6.42. The van der Waals surface area contributed by atoms with Crippen molar-refractivity contribution in [3.8, 4) is 11.8 Å². The molecule has 0 aliphatic heterocycles. The molecule has 108 valence electrons. The molecule has 0 amide bonds. The molecule has 0 aliphatic carbocycles. The molecule has 0 bridgehead atoms. The Balaban J connectivity index is 0.000000497. The number of hydrogen-bond donors (Lipinski definition) is 2. The van der Waals surface area contributed by atoms with Gasteiger partial charge in [0.15, 0.2) is 0 Å². The van der Waals surface area contributed by atoms with Crippen LogP contribution in [0.2, 0.25) is 0 Å². The third kappa shape index (κ3) is 3.98. The predicted molar refractivity (Wildman–Crippen MR) is 93.0 cm³/mol. The Morgan fingerprint density at radius 1 is 1.19 bits per heavy atom. The minimum absolute atomic E-state index is 1.04. The SMILES string of the molecule is CCc1c[nH]c2ccc(C#Cc3cccs3)cc12.CNC. The molecule has 0 fully saturated rings. The van der Waals surface area contributed by atoms with Gasteiger partial charge < -0.3 is 10.3 Å². The highest BCUT2D eigenvalue weighted by Crippen LogP contribution is 2.20. The van der Waals surface area contributed by atoms with Gasteiger partial charge in [0.05, 0.1) is 4.88 Å². The lowest BCUT2D eigenvalue weighted by atomic mass is 10.1. The number of rotatable bonds is 1. The maximum absolute atomic E-state index is 3.29. The Bertz CT molecular complexity index is 742. The van der Waals surface area contributed by atoms with Gasteiger partial charge in [-0.05, 0) is 55.7 Å². The molecular weight excluding hydrogens is 276 g/mol. The van der Waals surface area contributed by atoms with Crippen molar-refractivity contribution in [3.63, 3.8) is 0 Å². The second-order valence-corrected chi connectivity index (χ2v) is 5.60. The molecule has 2 aromatic heterocycles. The number of fused-ring (bicyclic) bond motifs is 1. The molecule has 0 unspecified atom stereocenters. The lowest BCUT2D eigenvalue weighted by Gasteiger charge is -1.95. The van der Waals surface area contributed by atoms with E-state index in [2.05, 4.69) is 58.8 Å². The van der Waals surface area contributed by atoms with Gasteiger partial charge in [0, 0.05) is 22.7 Å². The molecule has 2 heterocycles. The van der Waals surface area contributed by atoms with Crippen molar-refractivity contribution in [1.29, 1.82) is 0 Å². The van der Waals surface area contributed by atoms with Gasteiger partial charge >= 0.3 is 0 Å². The molecule has 0 radical (unpaired) electrons. The molecule has 0 saturated carbocycles. The normalized spacial score (nSPS) is 9.67. The summed E-state index contributed by atoms with van der Waals surface area (Å²) in [5, 5.41) is 6.09. The van der Waals surface area contributed by atoms with Crippen molar-refractivity contribution < 1.29 is 0 Å². The highest BCUT2D eigenvalue weighted by Gasteiger charge is 2.01. The molecule has 0 spiro atoms. The fourth-order valence-electron chi connectivity index (χ4n) is 2.03. The van der Waals surface area contributed by atoms with Gasteiger partial charge in [-0.15, -0.1) is 11.3 Å². The minimum Gasteiger partial charge on any atom is -0.361 e. The van der Waals surface area contributed by atoms with Crippen molar-refractivity contribution in [2.45, 2.75) is 13.3 Å². The summed E-state index contributed by atoms with van der Waals surface area (Å²) in [4.78, 5) is 4.40. The Hall–Kier alpha value is -2.02. The zero-order chi connectivity index (χ0) is 15.1. The van der Waals surface area contributed by atoms with E-state index < -0.39 is 0 Å². The van der Waals surface area contributed by atoms with Gasteiger partial charge in [0.1, 0.15) is 0 Å². The van der Waals surface area contributed by atoms with Gasteiger partial charge in [-0.1, -0.05) is 24.8 Å². The molecule has 0 saturated heterocycles. The van der Waals surface area contributed by atoms with Crippen molar-refractivity contribution >= 4 is 22.2 Å². The van der Waals surface area contributed by atoms with Gasteiger partial charge in [-0.2, -0.15) is 0 Å². The number of aromatic amines is 1. The molecule has 0 aliphatic rings. The van der Waals surface area contributed by atoms with E-state index in [4.69, 9.17) is 0 Å². The first-order chi connectivity index (χ1) is 10.3. The third-order valence-electron chi connectivity index (χ3n) is 3.00. The van der Waals surface area contributed by atoms with Crippen molar-refractivity contribution in [2.75, 3.05) is 14.1 Å². The first-order valence-corrected chi connectivity index (χ1v) is 7.90. The molecule has 3 aromatic rings. The number of aryl methyl sites for hydroxylation is 1. The van der Waals surface area contributed by atoms with Crippen LogP contribution in [-0.2, 0) is 6.42 Å². The Labute approximate surface area is 130 Å². The van der Waals surface area contributed by atoms with Crippen LogP contribution in [0, 0.1) is 11.8 Å². The number of nitrogens with one attached hydrogen (secondary N) is 2. The fraction of sp³-hybridized carbons (Fsp3) is 0.222. The minimum atomic E-state index is 1.04. The van der Waals surface area contributed by atoms with Crippen molar-refractivity contribution in [2.24, 2.45) is 0 Å². The molecule has 3 rings (SSSR count). The number of thiophene rings is 1. The largest absolute Gasteiger partial charge is 0.361 e. The highest BCUT2D eigenvalue weighted by atomic mass is 32.1. The molecule has 2 nitrogen and oxygen atoms in total. The summed E-state index contributed by atoms with van der Waals surface area (Å²) < 4.78 is 0. The number of hydrogen-bond acceptors (Lipinski definition) is 2. The second kappa shape index (κ2) is 7.68. The summed E-state index contributed by atoms with van der Waals surface area (Å²) in [6.45, 7) is 2.17. The average molecular weight is 296 g/mol. The summed E-state index contributed by atoms with van der Waals surface area (Å²) in [6.07, 6.45) is 3.13. The van der Waals surface area contributed by atoms with Crippen LogP contribution in [0.25, 0.3) is 10.9 Å². The molecular formula is C18H20N2S. The van der Waals surface area contributed by atoms with Gasteiger partial charge in [-0.25, -0.2) is 0 Å². The Morgan fingerprint density at radius 2 is 2.00 bits per heavy atom. The first-order valence-electron chi connectivity index (χ1n) is 7.02. The van der Waals surface area contributed by atoms with E-state index in [1.165, 1.54) is 16.5 Å². The molecule has 21 heavy (non-hydrogen) atoms. The van der Waals surface area contributed by atoms with E-state index in [1.807, 2.05) is 26.2 Å². The zero-order valence-corrected chi connectivity index (χ0v) is 13.5. The van der Waals surface area contributed by atoms with Crippen LogP contribution >= 0.6 is 11.3 Å². The molecule has 2 N–H and O–H groups in total.